The molecule has 1 aliphatic rings. The fourth-order valence-electron chi connectivity index (χ4n) is 3.92. The molecule has 37 heavy (non-hydrogen) atoms. The summed E-state index contributed by atoms with van der Waals surface area (Å²) in [6, 6.07) is 17.8. The molecule has 0 saturated carbocycles. The van der Waals surface area contributed by atoms with Crippen LogP contribution in [0.15, 0.2) is 77.7 Å². The maximum Gasteiger partial charge on any atom is 0.265 e. The highest BCUT2D eigenvalue weighted by Gasteiger charge is 2.42. The Morgan fingerprint density at radius 2 is 1.68 bits per heavy atom. The van der Waals surface area contributed by atoms with Crippen LogP contribution in [0.3, 0.4) is 0 Å². The number of methoxy groups -OCH3 is 1. The molecule has 3 aromatic rings. The van der Waals surface area contributed by atoms with Gasteiger partial charge in [0.1, 0.15) is 11.8 Å². The third-order valence-electron chi connectivity index (χ3n) is 5.76. The number of ether oxygens (including phenoxy) is 1. The zero-order valence-corrected chi connectivity index (χ0v) is 21.0. The Labute approximate surface area is 214 Å². The lowest BCUT2D eigenvalue weighted by molar-refractivity contribution is -0.122. The van der Waals surface area contributed by atoms with Crippen LogP contribution in [0.5, 0.6) is 5.75 Å². The van der Waals surface area contributed by atoms with E-state index in [1.165, 1.54) is 26.2 Å². The van der Waals surface area contributed by atoms with Gasteiger partial charge in [0, 0.05) is 19.2 Å². The summed E-state index contributed by atoms with van der Waals surface area (Å²) in [4.78, 5) is 37.1. The summed E-state index contributed by atoms with van der Waals surface area (Å²) in [5.74, 6) is -0.741. The van der Waals surface area contributed by atoms with Crippen molar-refractivity contribution in [2.75, 3.05) is 22.0 Å². The van der Waals surface area contributed by atoms with Gasteiger partial charge < -0.3 is 20.7 Å². The van der Waals surface area contributed by atoms with Crippen molar-refractivity contribution < 1.29 is 27.5 Å². The molecule has 0 aromatic heterocycles. The lowest BCUT2D eigenvalue weighted by Gasteiger charge is -2.36. The number of carbonyl (C=O) groups is 3. The quantitative estimate of drug-likeness (QED) is 0.417. The van der Waals surface area contributed by atoms with Crippen molar-refractivity contribution in [2.24, 2.45) is 0 Å². The maximum absolute atomic E-state index is 13.8. The van der Waals surface area contributed by atoms with Crippen LogP contribution >= 0.6 is 0 Å². The van der Waals surface area contributed by atoms with Crippen LogP contribution < -0.4 is 25.0 Å². The molecule has 1 aliphatic heterocycles. The van der Waals surface area contributed by atoms with Crippen molar-refractivity contribution in [1.82, 2.24) is 5.32 Å². The summed E-state index contributed by atoms with van der Waals surface area (Å²) in [7, 11) is -2.72. The average Bonchev–Trinajstić information content (AvgIpc) is 2.88. The number of nitrogens with zero attached hydrogens (tertiary/aromatic N) is 1. The van der Waals surface area contributed by atoms with Gasteiger partial charge in [0.2, 0.25) is 17.7 Å². The summed E-state index contributed by atoms with van der Waals surface area (Å²) in [6.07, 6.45) is -0.411. The maximum atomic E-state index is 13.8. The summed E-state index contributed by atoms with van der Waals surface area (Å²) >= 11 is 0. The highest BCUT2D eigenvalue weighted by molar-refractivity contribution is 7.93. The molecule has 0 aliphatic carbocycles. The number of rotatable bonds is 8. The van der Waals surface area contributed by atoms with Gasteiger partial charge in [-0.15, -0.1) is 0 Å². The first kappa shape index (κ1) is 25.7. The Bertz CT molecular complexity index is 1420. The Balaban J connectivity index is 1.64. The topological polar surface area (TPSA) is 134 Å². The molecule has 0 bridgehead atoms. The molecule has 3 N–H and O–H groups in total. The van der Waals surface area contributed by atoms with E-state index >= 15 is 0 Å². The second-order valence-corrected chi connectivity index (χ2v) is 10.2. The number of sulfonamides is 1. The first-order valence-electron chi connectivity index (χ1n) is 11.4. The van der Waals surface area contributed by atoms with E-state index in [0.717, 1.165) is 4.31 Å². The molecule has 11 heteroatoms. The van der Waals surface area contributed by atoms with Crippen LogP contribution in [-0.2, 0) is 31.0 Å². The van der Waals surface area contributed by atoms with E-state index in [2.05, 4.69) is 16.0 Å². The third-order valence-corrected chi connectivity index (χ3v) is 7.60. The SMILES string of the molecule is COc1ccc(NC(=O)C[C@H]2C(=O)Nc3ccccc3N2S(=O)(=O)c2ccc(CNC(C)=O)cc2)cc1. The van der Waals surface area contributed by atoms with Gasteiger partial charge in [-0.1, -0.05) is 24.3 Å². The van der Waals surface area contributed by atoms with Crippen molar-refractivity contribution in [1.29, 1.82) is 0 Å². The largest absolute Gasteiger partial charge is 0.497 e. The smallest absolute Gasteiger partial charge is 0.265 e. The molecular formula is C26H26N4O6S. The lowest BCUT2D eigenvalue weighted by Crippen LogP contribution is -2.52. The van der Waals surface area contributed by atoms with Gasteiger partial charge >= 0.3 is 0 Å². The van der Waals surface area contributed by atoms with Gasteiger partial charge in [-0.05, 0) is 54.1 Å². The van der Waals surface area contributed by atoms with Gasteiger partial charge in [-0.3, -0.25) is 18.7 Å². The molecule has 3 amide bonds. The number of para-hydroxylation sites is 2. The molecule has 10 nitrogen and oxygen atoms in total. The number of anilines is 3. The highest BCUT2D eigenvalue weighted by atomic mass is 32.2. The van der Waals surface area contributed by atoms with E-state index in [4.69, 9.17) is 4.74 Å². The van der Waals surface area contributed by atoms with E-state index < -0.39 is 34.3 Å². The van der Waals surface area contributed by atoms with Crippen LogP contribution in [0.1, 0.15) is 18.9 Å². The summed E-state index contributed by atoms with van der Waals surface area (Å²) in [6.45, 7) is 1.64. The Morgan fingerprint density at radius 1 is 1.00 bits per heavy atom. The van der Waals surface area contributed by atoms with Gasteiger partial charge in [0.15, 0.2) is 0 Å². The number of hydrogen-bond donors (Lipinski definition) is 3. The molecule has 3 aromatic carbocycles. The standard InChI is InChI=1S/C26H26N4O6S/c1-17(31)27-16-18-7-13-21(14-8-18)37(34,35)30-23-6-4-3-5-22(23)29-26(33)24(30)15-25(32)28-19-9-11-20(36-2)12-10-19/h3-14,24H,15-16H2,1-2H3,(H,27,31)(H,28,32)(H,29,33)/t24-/m0/s1. The number of hydrogen-bond acceptors (Lipinski definition) is 6. The monoisotopic (exact) mass is 522 g/mol. The molecule has 0 saturated heterocycles. The molecule has 192 valence electrons. The molecule has 0 spiro atoms. The summed E-state index contributed by atoms with van der Waals surface area (Å²) < 4.78 is 33.8. The average molecular weight is 523 g/mol. The number of carbonyl (C=O) groups excluding carboxylic acids is 3. The minimum Gasteiger partial charge on any atom is -0.497 e. The summed E-state index contributed by atoms with van der Waals surface area (Å²) in [5, 5.41) is 8.05. The minimum atomic E-state index is -4.24. The number of fused-ring (bicyclic) bond motifs is 1. The minimum absolute atomic E-state index is 0.0517. The van der Waals surface area contributed by atoms with Crippen LogP contribution in [0, 0.1) is 0 Å². The molecular weight excluding hydrogens is 496 g/mol. The molecule has 0 radical (unpaired) electrons. The molecule has 0 fully saturated rings. The third kappa shape index (κ3) is 5.72. The normalized spacial score (nSPS) is 14.8. The number of benzene rings is 3. The fourth-order valence-corrected chi connectivity index (χ4v) is 5.55. The predicted octanol–water partition coefficient (Wildman–Crippen LogP) is 2.88. The Kier molecular flexibility index (Phi) is 7.44. The van der Waals surface area contributed by atoms with Crippen molar-refractivity contribution in [2.45, 2.75) is 30.8 Å². The van der Waals surface area contributed by atoms with E-state index in [1.54, 1.807) is 60.7 Å². The van der Waals surface area contributed by atoms with Crippen LogP contribution in [-0.4, -0.2) is 39.3 Å². The van der Waals surface area contributed by atoms with E-state index in [-0.39, 0.29) is 23.0 Å². The Hall–Kier alpha value is -4.38. The fraction of sp³-hybridized carbons (Fsp3) is 0.192. The molecule has 4 rings (SSSR count). The van der Waals surface area contributed by atoms with Gasteiger partial charge in [0.05, 0.1) is 29.8 Å². The van der Waals surface area contributed by atoms with Crippen LogP contribution in [0.25, 0.3) is 0 Å². The van der Waals surface area contributed by atoms with Crippen molar-refractivity contribution in [3.05, 3.63) is 78.4 Å². The van der Waals surface area contributed by atoms with Gasteiger partial charge in [-0.2, -0.15) is 0 Å². The van der Waals surface area contributed by atoms with Crippen LogP contribution in [0.4, 0.5) is 17.1 Å². The number of nitrogens with one attached hydrogen (secondary N) is 3. The predicted molar refractivity (Wildman–Crippen MR) is 139 cm³/mol. The van der Waals surface area contributed by atoms with E-state index in [1.807, 2.05) is 0 Å². The zero-order chi connectivity index (χ0) is 26.6. The first-order valence-corrected chi connectivity index (χ1v) is 12.8. The first-order chi connectivity index (χ1) is 17.7. The molecule has 1 heterocycles. The van der Waals surface area contributed by atoms with Crippen molar-refractivity contribution >= 4 is 44.8 Å². The van der Waals surface area contributed by atoms with Crippen molar-refractivity contribution in [3.8, 4) is 5.75 Å². The number of amides is 3. The lowest BCUT2D eigenvalue weighted by atomic mass is 10.1. The second kappa shape index (κ2) is 10.7. The molecule has 0 unspecified atom stereocenters. The molecule has 1 atom stereocenters. The van der Waals surface area contributed by atoms with Crippen molar-refractivity contribution in [3.63, 3.8) is 0 Å². The van der Waals surface area contributed by atoms with Gasteiger partial charge in [-0.25, -0.2) is 8.42 Å². The van der Waals surface area contributed by atoms with Gasteiger partial charge in [0.25, 0.3) is 10.0 Å². The Morgan fingerprint density at radius 3 is 2.32 bits per heavy atom. The highest BCUT2D eigenvalue weighted by Crippen LogP contribution is 2.37. The summed E-state index contributed by atoms with van der Waals surface area (Å²) in [5.41, 5.74) is 1.77. The zero-order valence-electron chi connectivity index (χ0n) is 20.2. The van der Waals surface area contributed by atoms with E-state index in [9.17, 15) is 22.8 Å². The van der Waals surface area contributed by atoms with Crippen LogP contribution in [0.2, 0.25) is 0 Å². The second-order valence-electron chi connectivity index (χ2n) is 8.36. The van der Waals surface area contributed by atoms with E-state index in [0.29, 0.717) is 22.7 Å².